The largest absolute Gasteiger partial charge is 0.424 e. The van der Waals surface area contributed by atoms with Crippen molar-refractivity contribution >= 4 is 69.6 Å². The summed E-state index contributed by atoms with van der Waals surface area (Å²) in [6, 6.07) is 41.3. The smallest absolute Gasteiger partial charge is 0.341 e. The number of anilines is 6. The molecule has 0 bridgehead atoms. The number of hydrogen-bond acceptors (Lipinski definition) is 13. The molecule has 67 heavy (non-hydrogen) atoms. The Kier molecular flexibility index (Phi) is 12.9. The van der Waals surface area contributed by atoms with Crippen LogP contribution in [0.5, 0.6) is 11.5 Å². The molecule has 2 fully saturated rings. The highest BCUT2D eigenvalue weighted by Gasteiger charge is 2.32. The fraction of sp³-hybridized carbons (Fsp3) is 0.296. The van der Waals surface area contributed by atoms with E-state index in [0.717, 1.165) is 106 Å². The summed E-state index contributed by atoms with van der Waals surface area (Å²) in [6.07, 6.45) is -2.41. The molecule has 0 aliphatic carbocycles. The monoisotopic (exact) mass is 932 g/mol. The third-order valence-corrected chi connectivity index (χ3v) is 15.8. The molecular weight excluding hydrogens is 877 g/mol. The van der Waals surface area contributed by atoms with E-state index in [1.54, 1.807) is 23.5 Å². The molecule has 2 saturated heterocycles. The van der Waals surface area contributed by atoms with Crippen molar-refractivity contribution in [2.75, 3.05) is 86.9 Å². The molecule has 13 heteroatoms. The molecule has 10 rings (SSSR count). The van der Waals surface area contributed by atoms with Gasteiger partial charge in [-0.05, 0) is 85.9 Å². The van der Waals surface area contributed by atoms with E-state index in [9.17, 15) is 14.7 Å². The molecule has 11 nitrogen and oxygen atoms in total. The van der Waals surface area contributed by atoms with E-state index >= 15 is 0 Å². The molecule has 0 amide bonds. The van der Waals surface area contributed by atoms with Crippen molar-refractivity contribution in [2.45, 2.75) is 57.8 Å². The van der Waals surface area contributed by atoms with Crippen LogP contribution in [0.1, 0.15) is 54.4 Å². The van der Waals surface area contributed by atoms with Crippen molar-refractivity contribution in [3.05, 3.63) is 144 Å². The first kappa shape index (κ1) is 44.9. The van der Waals surface area contributed by atoms with Crippen molar-refractivity contribution in [3.63, 3.8) is 0 Å². The number of nitrogens with zero attached hydrogens (tertiary/aromatic N) is 4. The van der Waals surface area contributed by atoms with Crippen molar-refractivity contribution < 1.29 is 24.2 Å². The summed E-state index contributed by atoms with van der Waals surface area (Å²) in [5.74, 6) is -1.34. The maximum absolute atomic E-state index is 14.1. The Morgan fingerprint density at radius 3 is 1.42 bits per heavy atom. The van der Waals surface area contributed by atoms with E-state index in [-0.39, 0.29) is 11.8 Å². The number of aliphatic hydroxyl groups is 1. The number of fused-ring (bicyclic) bond motifs is 4. The van der Waals surface area contributed by atoms with Gasteiger partial charge in [0.15, 0.2) is 17.6 Å². The number of para-hydroxylation sites is 2. The summed E-state index contributed by atoms with van der Waals surface area (Å²) < 4.78 is 12.5. The molecular formula is C54H56N6O5S2. The van der Waals surface area contributed by atoms with Crippen LogP contribution in [0.2, 0.25) is 0 Å². The maximum Gasteiger partial charge on any atom is 0.341 e. The van der Waals surface area contributed by atoms with Gasteiger partial charge in [-0.15, -0.1) is 0 Å². The van der Waals surface area contributed by atoms with Gasteiger partial charge < -0.3 is 44.8 Å². The number of aliphatic hydroxyl groups excluding tert-OH is 1. The summed E-state index contributed by atoms with van der Waals surface area (Å²) >= 11 is 3.18. The Balaban J connectivity index is 0.903. The first-order chi connectivity index (χ1) is 32.6. The van der Waals surface area contributed by atoms with E-state index in [1.165, 1.54) is 11.4 Å². The molecule has 0 aromatic heterocycles. The highest BCUT2D eigenvalue weighted by atomic mass is 32.2. The Morgan fingerprint density at radius 1 is 0.552 bits per heavy atom. The lowest BCUT2D eigenvalue weighted by Gasteiger charge is -2.34. The molecule has 6 aromatic carbocycles. The zero-order valence-electron chi connectivity index (χ0n) is 38.3. The van der Waals surface area contributed by atoms with Gasteiger partial charge in [-0.1, -0.05) is 98.0 Å². The van der Waals surface area contributed by atoms with Gasteiger partial charge in [-0.2, -0.15) is 0 Å². The van der Waals surface area contributed by atoms with Gasteiger partial charge in [0.2, 0.25) is 0 Å². The minimum absolute atomic E-state index is 0.156. The molecule has 4 aliphatic rings. The fourth-order valence-electron chi connectivity index (χ4n) is 9.30. The Labute approximate surface area is 401 Å². The molecule has 3 atom stereocenters. The third kappa shape index (κ3) is 9.48. The Morgan fingerprint density at radius 2 is 0.970 bits per heavy atom. The van der Waals surface area contributed by atoms with Crippen LogP contribution in [0.25, 0.3) is 0 Å². The number of carbonyl (C=O) groups is 2. The van der Waals surface area contributed by atoms with Crippen LogP contribution in [-0.4, -0.2) is 99.4 Å². The first-order valence-electron chi connectivity index (χ1n) is 23.1. The molecule has 6 aromatic rings. The summed E-state index contributed by atoms with van der Waals surface area (Å²) in [6.45, 7) is 12.2. The second kappa shape index (κ2) is 19.3. The van der Waals surface area contributed by atoms with Crippen molar-refractivity contribution in [1.82, 2.24) is 9.80 Å². The highest BCUT2D eigenvalue weighted by molar-refractivity contribution is 8.00. The van der Waals surface area contributed by atoms with Gasteiger partial charge in [0.1, 0.15) is 0 Å². The number of likely N-dealkylation sites (N-methyl/N-ethyl adjacent to an activating group) is 2. The third-order valence-electron chi connectivity index (χ3n) is 13.5. The lowest BCUT2D eigenvalue weighted by molar-refractivity contribution is -0.149. The first-order valence-corrected chi connectivity index (χ1v) is 24.8. The SMILES string of the molecule is CC(c1ccc(N2CCN(C)CC2)cc1)c1ccc2c(c1OC(=O)CC(O)C(=O)Oc1c(C(C)c3ccc(N4CCN(C)CC4)cc3)ccc3c1Nc1ccccc1S3)Nc1ccccc1S2. The second-order valence-corrected chi connectivity index (χ2v) is 20.2. The minimum Gasteiger partial charge on any atom is -0.424 e. The number of carbonyl (C=O) groups excluding carboxylic acids is 2. The summed E-state index contributed by atoms with van der Waals surface area (Å²) in [5, 5.41) is 18.6. The van der Waals surface area contributed by atoms with Crippen LogP contribution < -0.4 is 29.9 Å². The molecule has 3 N–H and O–H groups in total. The number of ether oxygens (including phenoxy) is 2. The van der Waals surface area contributed by atoms with Gasteiger partial charge >= 0.3 is 11.9 Å². The van der Waals surface area contributed by atoms with E-state index < -0.39 is 24.5 Å². The molecule has 0 radical (unpaired) electrons. The number of hydrogen-bond donors (Lipinski definition) is 3. The topological polar surface area (TPSA) is 110 Å². The van der Waals surface area contributed by atoms with Crippen LogP contribution in [0.15, 0.2) is 141 Å². The zero-order valence-corrected chi connectivity index (χ0v) is 40.0. The van der Waals surface area contributed by atoms with Gasteiger partial charge in [0, 0.05) is 106 Å². The van der Waals surface area contributed by atoms with Crippen LogP contribution >= 0.6 is 23.5 Å². The van der Waals surface area contributed by atoms with E-state index in [4.69, 9.17) is 9.47 Å². The lowest BCUT2D eigenvalue weighted by Crippen LogP contribution is -2.44. The quantitative estimate of drug-likeness (QED) is 0.0847. The molecule has 4 aliphatic heterocycles. The standard InChI is InChI=1S/C54H56N6O5S2/c1-34(36-13-17-38(18-14-36)59-29-25-57(3)26-30-59)40-21-23-47-50(55-42-9-5-7-11-45(42)66-47)52(40)64-49(62)33-44(61)54(63)65-53-41(22-24-48-51(53)56-43-10-6-8-12-46(43)67-48)35(2)37-15-19-39(20-16-37)60-31-27-58(4)28-32-60/h5-24,34-35,44,55-56,61H,25-33H2,1-4H3. The van der Waals surface area contributed by atoms with Crippen LogP contribution in [0, 0.1) is 0 Å². The van der Waals surface area contributed by atoms with Crippen molar-refractivity contribution in [3.8, 4) is 11.5 Å². The predicted octanol–water partition coefficient (Wildman–Crippen LogP) is 10.2. The molecule has 0 spiro atoms. The number of benzene rings is 6. The minimum atomic E-state index is -1.80. The predicted molar refractivity (Wildman–Crippen MR) is 270 cm³/mol. The van der Waals surface area contributed by atoms with Gasteiger partial charge in [0.05, 0.1) is 29.2 Å². The number of nitrogens with one attached hydrogen (secondary N) is 2. The highest BCUT2D eigenvalue weighted by Crippen LogP contribution is 2.52. The van der Waals surface area contributed by atoms with Crippen LogP contribution in [0.4, 0.5) is 34.1 Å². The summed E-state index contributed by atoms with van der Waals surface area (Å²) in [5.41, 5.74) is 9.16. The van der Waals surface area contributed by atoms with Crippen molar-refractivity contribution in [2.24, 2.45) is 0 Å². The average molecular weight is 933 g/mol. The van der Waals surface area contributed by atoms with Crippen molar-refractivity contribution in [1.29, 1.82) is 0 Å². The molecule has 344 valence electrons. The van der Waals surface area contributed by atoms with E-state index in [1.807, 2.05) is 60.7 Å². The molecule has 0 saturated carbocycles. The van der Waals surface area contributed by atoms with E-state index in [2.05, 4.69) is 119 Å². The van der Waals surface area contributed by atoms with Gasteiger partial charge in [-0.25, -0.2) is 4.79 Å². The Bertz CT molecular complexity index is 2790. The van der Waals surface area contributed by atoms with Gasteiger partial charge in [0.25, 0.3) is 0 Å². The molecule has 4 heterocycles. The van der Waals surface area contributed by atoms with E-state index in [0.29, 0.717) is 22.9 Å². The second-order valence-electron chi connectivity index (χ2n) is 18.0. The van der Waals surface area contributed by atoms with Crippen LogP contribution in [0.3, 0.4) is 0 Å². The zero-order chi connectivity index (χ0) is 46.2. The number of piperazine rings is 2. The number of rotatable bonds is 11. The summed E-state index contributed by atoms with van der Waals surface area (Å²) in [4.78, 5) is 41.6. The normalized spacial score (nSPS) is 17.1. The average Bonchev–Trinajstić information content (AvgIpc) is 3.35. The maximum atomic E-state index is 14.1. The van der Waals surface area contributed by atoms with Crippen LogP contribution in [-0.2, 0) is 9.59 Å². The summed E-state index contributed by atoms with van der Waals surface area (Å²) in [7, 11) is 4.31. The fourth-order valence-corrected chi connectivity index (χ4v) is 11.3. The lowest BCUT2D eigenvalue weighted by atomic mass is 9.91. The Hall–Kier alpha value is -5.96. The molecule has 3 unspecified atom stereocenters. The number of esters is 2. The van der Waals surface area contributed by atoms with Gasteiger partial charge in [-0.3, -0.25) is 4.79 Å².